The van der Waals surface area contributed by atoms with Gasteiger partial charge in [-0.25, -0.2) is 4.98 Å². The number of fused-ring (bicyclic) bond motifs is 1. The van der Waals surface area contributed by atoms with Gasteiger partial charge in [0.2, 0.25) is 5.91 Å². The highest BCUT2D eigenvalue weighted by molar-refractivity contribution is 5.93. The molecule has 0 aliphatic carbocycles. The molecule has 2 aromatic heterocycles. The lowest BCUT2D eigenvalue weighted by Gasteiger charge is -2.32. The summed E-state index contributed by atoms with van der Waals surface area (Å²) in [5.41, 5.74) is 2.80. The van der Waals surface area contributed by atoms with E-state index in [4.69, 9.17) is 9.72 Å². The SMILES string of the molecule is COCCNc1nc([C@@H]2CCCN(CC(=O)Nc3cnn(C)c3C)C2)cc2ccccc12. The number of benzene rings is 1. The fourth-order valence-electron chi connectivity index (χ4n) is 4.29. The predicted octanol–water partition coefficient (Wildman–Crippen LogP) is 3.15. The van der Waals surface area contributed by atoms with Gasteiger partial charge in [-0.15, -0.1) is 0 Å². The Balaban J connectivity index is 1.46. The number of hydrogen-bond acceptors (Lipinski definition) is 6. The first-order valence-electron chi connectivity index (χ1n) is 11.2. The number of hydrogen-bond donors (Lipinski definition) is 2. The molecular weight excluding hydrogens is 404 g/mol. The Hall–Kier alpha value is -2.97. The zero-order valence-corrected chi connectivity index (χ0v) is 19.1. The van der Waals surface area contributed by atoms with Gasteiger partial charge in [0, 0.05) is 44.2 Å². The summed E-state index contributed by atoms with van der Waals surface area (Å²) < 4.78 is 6.94. The van der Waals surface area contributed by atoms with Crippen LogP contribution in [-0.2, 0) is 16.6 Å². The number of pyridine rings is 1. The summed E-state index contributed by atoms with van der Waals surface area (Å²) in [6, 6.07) is 10.5. The minimum Gasteiger partial charge on any atom is -0.383 e. The third-order valence-electron chi connectivity index (χ3n) is 6.16. The lowest BCUT2D eigenvalue weighted by atomic mass is 9.93. The highest BCUT2D eigenvalue weighted by Crippen LogP contribution is 2.30. The van der Waals surface area contributed by atoms with E-state index < -0.39 is 0 Å². The first kappa shape index (κ1) is 22.2. The van der Waals surface area contributed by atoms with Gasteiger partial charge in [0.1, 0.15) is 5.82 Å². The molecule has 1 aliphatic rings. The fourth-order valence-corrected chi connectivity index (χ4v) is 4.29. The Morgan fingerprint density at radius 2 is 2.16 bits per heavy atom. The summed E-state index contributed by atoms with van der Waals surface area (Å²) in [5, 5.41) is 12.9. The predicted molar refractivity (Wildman–Crippen MR) is 127 cm³/mol. The highest BCUT2D eigenvalue weighted by atomic mass is 16.5. The Bertz CT molecular complexity index is 1080. The van der Waals surface area contributed by atoms with Crippen LogP contribution in [0.4, 0.5) is 11.5 Å². The van der Waals surface area contributed by atoms with Crippen LogP contribution in [-0.4, -0.2) is 65.5 Å². The van der Waals surface area contributed by atoms with Crippen LogP contribution in [0.15, 0.2) is 36.5 Å². The topological polar surface area (TPSA) is 84.3 Å². The van der Waals surface area contributed by atoms with Crippen LogP contribution in [0.2, 0.25) is 0 Å². The van der Waals surface area contributed by atoms with E-state index in [9.17, 15) is 4.79 Å². The summed E-state index contributed by atoms with van der Waals surface area (Å²) in [6.45, 7) is 5.40. The van der Waals surface area contributed by atoms with Gasteiger partial charge in [-0.3, -0.25) is 14.4 Å². The van der Waals surface area contributed by atoms with Gasteiger partial charge in [0.15, 0.2) is 0 Å². The second kappa shape index (κ2) is 10.1. The van der Waals surface area contributed by atoms with Gasteiger partial charge < -0.3 is 15.4 Å². The van der Waals surface area contributed by atoms with Crippen molar-refractivity contribution in [1.29, 1.82) is 0 Å². The molecule has 3 heterocycles. The number of anilines is 2. The normalized spacial score (nSPS) is 16.9. The number of rotatable bonds is 8. The fraction of sp³-hybridized carbons (Fsp3) is 0.458. The number of piperidine rings is 1. The van der Waals surface area contributed by atoms with Gasteiger partial charge in [-0.1, -0.05) is 24.3 Å². The molecule has 1 aromatic carbocycles. The van der Waals surface area contributed by atoms with E-state index in [1.807, 2.05) is 20.0 Å². The third-order valence-corrected chi connectivity index (χ3v) is 6.16. The molecule has 1 saturated heterocycles. The number of likely N-dealkylation sites (tertiary alicyclic amines) is 1. The minimum atomic E-state index is -0.00450. The van der Waals surface area contributed by atoms with E-state index in [-0.39, 0.29) is 5.91 Å². The molecule has 0 unspecified atom stereocenters. The van der Waals surface area contributed by atoms with Gasteiger partial charge >= 0.3 is 0 Å². The largest absolute Gasteiger partial charge is 0.383 e. The summed E-state index contributed by atoms with van der Waals surface area (Å²) >= 11 is 0. The van der Waals surface area contributed by atoms with Crippen molar-refractivity contribution in [2.75, 3.05) is 50.5 Å². The standard InChI is InChI=1S/C24H32N6O2/c1-17-22(14-26-29(17)2)27-23(31)16-30-11-6-8-19(15-30)21-13-18-7-4-5-9-20(18)24(28-21)25-10-12-32-3/h4-5,7,9,13-14,19H,6,8,10-12,15-16H2,1-3H3,(H,25,28)(H,27,31)/t19-/m1/s1. The number of aromatic nitrogens is 3. The second-order valence-corrected chi connectivity index (χ2v) is 8.43. The number of nitrogens with zero attached hydrogens (tertiary/aromatic N) is 4. The number of aryl methyl sites for hydroxylation is 1. The van der Waals surface area contributed by atoms with E-state index >= 15 is 0 Å². The van der Waals surface area contributed by atoms with Crippen molar-refractivity contribution < 1.29 is 9.53 Å². The Morgan fingerprint density at radius 3 is 2.94 bits per heavy atom. The van der Waals surface area contributed by atoms with Crippen molar-refractivity contribution >= 4 is 28.2 Å². The van der Waals surface area contributed by atoms with Crippen LogP contribution in [0.3, 0.4) is 0 Å². The monoisotopic (exact) mass is 436 g/mol. The molecule has 0 spiro atoms. The number of nitrogens with one attached hydrogen (secondary N) is 2. The zero-order chi connectivity index (χ0) is 22.5. The summed E-state index contributed by atoms with van der Waals surface area (Å²) in [4.78, 5) is 19.8. The minimum absolute atomic E-state index is 0.00450. The van der Waals surface area contributed by atoms with Crippen LogP contribution in [0.25, 0.3) is 10.8 Å². The smallest absolute Gasteiger partial charge is 0.238 e. The lowest BCUT2D eigenvalue weighted by molar-refractivity contribution is -0.117. The average Bonchev–Trinajstić information content (AvgIpc) is 3.11. The summed E-state index contributed by atoms with van der Waals surface area (Å²) in [7, 11) is 3.57. The number of carbonyl (C=O) groups excluding carboxylic acids is 1. The van der Waals surface area contributed by atoms with Crippen molar-refractivity contribution in [3.8, 4) is 0 Å². The molecule has 1 aliphatic heterocycles. The third kappa shape index (κ3) is 5.08. The van der Waals surface area contributed by atoms with Crippen molar-refractivity contribution in [2.45, 2.75) is 25.7 Å². The number of methoxy groups -OCH3 is 1. The maximum absolute atomic E-state index is 12.6. The number of amides is 1. The maximum atomic E-state index is 12.6. The lowest BCUT2D eigenvalue weighted by Crippen LogP contribution is -2.40. The van der Waals surface area contributed by atoms with E-state index in [1.54, 1.807) is 18.0 Å². The molecule has 8 heteroatoms. The summed E-state index contributed by atoms with van der Waals surface area (Å²) in [6.07, 6.45) is 3.82. The Labute approximate surface area is 189 Å². The molecule has 8 nitrogen and oxygen atoms in total. The molecular formula is C24H32N6O2. The molecule has 3 aromatic rings. The first-order valence-corrected chi connectivity index (χ1v) is 11.2. The van der Waals surface area contributed by atoms with E-state index in [2.05, 4.69) is 44.9 Å². The highest BCUT2D eigenvalue weighted by Gasteiger charge is 2.25. The molecule has 0 bridgehead atoms. The van der Waals surface area contributed by atoms with Crippen molar-refractivity contribution in [3.63, 3.8) is 0 Å². The molecule has 0 radical (unpaired) electrons. The van der Waals surface area contributed by atoms with Gasteiger partial charge in [-0.2, -0.15) is 5.10 Å². The Kier molecular flexibility index (Phi) is 7.02. The molecule has 32 heavy (non-hydrogen) atoms. The van der Waals surface area contributed by atoms with Gasteiger partial charge in [0.25, 0.3) is 0 Å². The van der Waals surface area contributed by atoms with E-state index in [0.29, 0.717) is 25.6 Å². The number of ether oxygens (including phenoxy) is 1. The van der Waals surface area contributed by atoms with Crippen LogP contribution < -0.4 is 10.6 Å². The van der Waals surface area contributed by atoms with Gasteiger partial charge in [0.05, 0.1) is 30.7 Å². The maximum Gasteiger partial charge on any atom is 0.238 e. The molecule has 2 N–H and O–H groups in total. The van der Waals surface area contributed by atoms with Crippen LogP contribution in [0.1, 0.15) is 30.1 Å². The molecule has 1 fully saturated rings. The van der Waals surface area contributed by atoms with Crippen molar-refractivity contribution in [3.05, 3.63) is 47.9 Å². The summed E-state index contributed by atoms with van der Waals surface area (Å²) in [5.74, 6) is 1.19. The van der Waals surface area contributed by atoms with E-state index in [0.717, 1.165) is 54.2 Å². The van der Waals surface area contributed by atoms with Crippen LogP contribution in [0.5, 0.6) is 0 Å². The van der Waals surface area contributed by atoms with E-state index in [1.165, 1.54) is 5.39 Å². The molecule has 4 rings (SSSR count). The van der Waals surface area contributed by atoms with Crippen molar-refractivity contribution in [2.24, 2.45) is 7.05 Å². The number of carbonyl (C=O) groups is 1. The first-order chi connectivity index (χ1) is 15.5. The second-order valence-electron chi connectivity index (χ2n) is 8.43. The van der Waals surface area contributed by atoms with Crippen LogP contribution in [0, 0.1) is 6.92 Å². The average molecular weight is 437 g/mol. The van der Waals surface area contributed by atoms with Gasteiger partial charge in [-0.05, 0) is 37.8 Å². The quantitative estimate of drug-likeness (QED) is 0.528. The molecule has 170 valence electrons. The molecule has 0 saturated carbocycles. The molecule has 1 atom stereocenters. The molecule has 1 amide bonds. The van der Waals surface area contributed by atoms with Crippen molar-refractivity contribution in [1.82, 2.24) is 19.7 Å². The van der Waals surface area contributed by atoms with Crippen LogP contribution >= 0.6 is 0 Å². The Morgan fingerprint density at radius 1 is 1.31 bits per heavy atom. The zero-order valence-electron chi connectivity index (χ0n) is 19.1.